The van der Waals surface area contributed by atoms with E-state index in [9.17, 15) is 9.18 Å². The van der Waals surface area contributed by atoms with Crippen molar-refractivity contribution in [3.05, 3.63) is 83.0 Å². The van der Waals surface area contributed by atoms with Crippen molar-refractivity contribution in [3.63, 3.8) is 0 Å². The molecule has 2 aromatic carbocycles. The second-order valence-corrected chi connectivity index (χ2v) is 8.11. The maximum atomic E-state index is 13.9. The minimum Gasteiger partial charge on any atom is -0.469 e. The summed E-state index contributed by atoms with van der Waals surface area (Å²) in [7, 11) is 0. The van der Waals surface area contributed by atoms with E-state index in [1.54, 1.807) is 6.26 Å². The molecular formula is C22H18ClFN4O2S. The molecule has 4 rings (SSSR count). The van der Waals surface area contributed by atoms with Crippen molar-refractivity contribution in [2.45, 2.75) is 18.6 Å². The highest BCUT2D eigenvalue weighted by Crippen LogP contribution is 2.28. The predicted molar refractivity (Wildman–Crippen MR) is 119 cm³/mol. The van der Waals surface area contributed by atoms with Gasteiger partial charge in [-0.3, -0.25) is 9.36 Å². The first-order valence-electron chi connectivity index (χ1n) is 9.40. The van der Waals surface area contributed by atoms with Crippen LogP contribution in [0.1, 0.15) is 11.3 Å². The van der Waals surface area contributed by atoms with Crippen LogP contribution in [0.3, 0.4) is 0 Å². The molecule has 0 saturated carbocycles. The molecule has 1 N–H and O–H groups in total. The van der Waals surface area contributed by atoms with Gasteiger partial charge in [0, 0.05) is 5.02 Å². The molecule has 0 spiro atoms. The Labute approximate surface area is 187 Å². The van der Waals surface area contributed by atoms with E-state index in [1.165, 1.54) is 30.0 Å². The van der Waals surface area contributed by atoms with Crippen LogP contribution in [-0.4, -0.2) is 26.4 Å². The lowest BCUT2D eigenvalue weighted by Crippen LogP contribution is -2.15. The average Bonchev–Trinajstić information content (AvgIpc) is 3.35. The minimum atomic E-state index is -0.548. The Morgan fingerprint density at radius 1 is 1.19 bits per heavy atom. The zero-order chi connectivity index (χ0) is 21.8. The van der Waals surface area contributed by atoms with Crippen LogP contribution < -0.4 is 5.32 Å². The number of furan rings is 1. The Balaban J connectivity index is 1.55. The number of carbonyl (C=O) groups is 1. The zero-order valence-electron chi connectivity index (χ0n) is 16.5. The number of amides is 1. The summed E-state index contributed by atoms with van der Waals surface area (Å²) >= 11 is 7.10. The third kappa shape index (κ3) is 4.98. The Morgan fingerprint density at radius 2 is 2.00 bits per heavy atom. The van der Waals surface area contributed by atoms with E-state index in [-0.39, 0.29) is 17.3 Å². The van der Waals surface area contributed by atoms with Crippen molar-refractivity contribution in [1.29, 1.82) is 0 Å². The summed E-state index contributed by atoms with van der Waals surface area (Å²) in [5.74, 6) is 0.490. The van der Waals surface area contributed by atoms with Crippen molar-refractivity contribution < 1.29 is 13.6 Å². The molecule has 0 bridgehead atoms. The van der Waals surface area contributed by atoms with Crippen molar-refractivity contribution in [3.8, 4) is 11.4 Å². The van der Waals surface area contributed by atoms with E-state index in [0.29, 0.717) is 22.5 Å². The molecule has 6 nitrogen and oxygen atoms in total. The average molecular weight is 457 g/mol. The van der Waals surface area contributed by atoms with Gasteiger partial charge in [-0.25, -0.2) is 4.39 Å². The second-order valence-electron chi connectivity index (χ2n) is 6.73. The monoisotopic (exact) mass is 456 g/mol. The summed E-state index contributed by atoms with van der Waals surface area (Å²) in [6.45, 7) is 2.39. The van der Waals surface area contributed by atoms with Gasteiger partial charge in [0.2, 0.25) is 5.91 Å². The molecule has 0 radical (unpaired) electrons. The first-order chi connectivity index (χ1) is 15.0. The Morgan fingerprint density at radius 3 is 2.74 bits per heavy atom. The molecule has 31 heavy (non-hydrogen) atoms. The van der Waals surface area contributed by atoms with Gasteiger partial charge in [0.1, 0.15) is 11.6 Å². The fourth-order valence-corrected chi connectivity index (χ4v) is 3.94. The number of hydrogen-bond acceptors (Lipinski definition) is 5. The van der Waals surface area contributed by atoms with Crippen molar-refractivity contribution in [2.75, 3.05) is 11.1 Å². The van der Waals surface area contributed by atoms with Gasteiger partial charge in [0.15, 0.2) is 11.0 Å². The van der Waals surface area contributed by atoms with Gasteiger partial charge in [-0.05, 0) is 36.8 Å². The van der Waals surface area contributed by atoms with Gasteiger partial charge in [-0.2, -0.15) is 0 Å². The number of aryl methyl sites for hydroxylation is 1. The number of nitrogens with one attached hydrogen (secondary N) is 1. The smallest absolute Gasteiger partial charge is 0.234 e. The number of halogens is 2. The first kappa shape index (κ1) is 21.1. The first-order valence-corrected chi connectivity index (χ1v) is 10.8. The van der Waals surface area contributed by atoms with Gasteiger partial charge in [0.05, 0.1) is 29.8 Å². The van der Waals surface area contributed by atoms with Gasteiger partial charge in [-0.1, -0.05) is 53.7 Å². The van der Waals surface area contributed by atoms with Crippen LogP contribution in [0.25, 0.3) is 11.4 Å². The van der Waals surface area contributed by atoms with Gasteiger partial charge in [-0.15, -0.1) is 10.2 Å². The minimum absolute atomic E-state index is 0.0310. The number of carbonyl (C=O) groups excluding carboxylic acids is 1. The number of rotatable bonds is 7. The number of hydrogen-bond donors (Lipinski definition) is 1. The molecule has 2 aromatic heterocycles. The van der Waals surface area contributed by atoms with Crippen molar-refractivity contribution in [2.24, 2.45) is 0 Å². The molecule has 0 atom stereocenters. The summed E-state index contributed by atoms with van der Waals surface area (Å²) in [6, 6.07) is 15.7. The highest BCUT2D eigenvalue weighted by molar-refractivity contribution is 7.99. The molecule has 4 aromatic rings. The fourth-order valence-electron chi connectivity index (χ4n) is 3.03. The standard InChI is InChI=1S/C22H18ClFN4O2S/c1-14-17(9-10-30-14)21-26-27-22(28(21)12-15-5-3-2-4-6-15)31-13-20(29)25-19-11-16(23)7-8-18(19)24/h2-11H,12-13H2,1H3,(H,25,29). The molecule has 2 heterocycles. The predicted octanol–water partition coefficient (Wildman–Crippen LogP) is 5.42. The van der Waals surface area contributed by atoms with E-state index < -0.39 is 5.82 Å². The maximum Gasteiger partial charge on any atom is 0.234 e. The van der Waals surface area contributed by atoms with Gasteiger partial charge >= 0.3 is 0 Å². The largest absolute Gasteiger partial charge is 0.469 e. The third-order valence-electron chi connectivity index (χ3n) is 4.53. The molecular weight excluding hydrogens is 439 g/mol. The van der Waals surface area contributed by atoms with Gasteiger partial charge < -0.3 is 9.73 Å². The van der Waals surface area contributed by atoms with Crippen LogP contribution in [0.5, 0.6) is 0 Å². The summed E-state index contributed by atoms with van der Waals surface area (Å²) in [6.07, 6.45) is 1.60. The quantitative estimate of drug-likeness (QED) is 0.376. The molecule has 9 heteroatoms. The van der Waals surface area contributed by atoms with E-state index in [2.05, 4.69) is 15.5 Å². The molecule has 1 amide bonds. The Bertz CT molecular complexity index is 1210. The summed E-state index contributed by atoms with van der Waals surface area (Å²) < 4.78 is 21.2. The SMILES string of the molecule is Cc1occc1-c1nnc(SCC(=O)Nc2cc(Cl)ccc2F)n1Cc1ccccc1. The fraction of sp³-hybridized carbons (Fsp3) is 0.136. The van der Waals surface area contributed by atoms with Crippen molar-refractivity contribution in [1.82, 2.24) is 14.8 Å². The van der Waals surface area contributed by atoms with Crippen LogP contribution in [0.4, 0.5) is 10.1 Å². The lowest BCUT2D eigenvalue weighted by molar-refractivity contribution is -0.113. The highest BCUT2D eigenvalue weighted by atomic mass is 35.5. The van der Waals surface area contributed by atoms with Crippen molar-refractivity contribution >= 4 is 35.0 Å². The van der Waals surface area contributed by atoms with Crippen LogP contribution in [0.2, 0.25) is 5.02 Å². The molecule has 0 unspecified atom stereocenters. The molecule has 0 aliphatic carbocycles. The maximum absolute atomic E-state index is 13.9. The molecule has 0 aliphatic rings. The summed E-state index contributed by atoms with van der Waals surface area (Å²) in [5, 5.41) is 12.1. The lowest BCUT2D eigenvalue weighted by Gasteiger charge is -2.10. The zero-order valence-corrected chi connectivity index (χ0v) is 18.1. The number of anilines is 1. The van der Waals surface area contributed by atoms with E-state index in [0.717, 1.165) is 16.9 Å². The molecule has 158 valence electrons. The van der Waals surface area contributed by atoms with Crippen LogP contribution >= 0.6 is 23.4 Å². The van der Waals surface area contributed by atoms with E-state index in [1.807, 2.05) is 47.9 Å². The van der Waals surface area contributed by atoms with Crippen LogP contribution in [0.15, 0.2) is 70.4 Å². The van der Waals surface area contributed by atoms with E-state index in [4.69, 9.17) is 16.0 Å². The normalized spacial score (nSPS) is 10.9. The van der Waals surface area contributed by atoms with Crippen LogP contribution in [0, 0.1) is 12.7 Å². The number of thioether (sulfide) groups is 1. The second kappa shape index (κ2) is 9.36. The summed E-state index contributed by atoms with van der Waals surface area (Å²) in [4.78, 5) is 12.4. The number of nitrogens with zero attached hydrogens (tertiary/aromatic N) is 3. The Kier molecular flexibility index (Phi) is 6.39. The van der Waals surface area contributed by atoms with Crippen LogP contribution in [-0.2, 0) is 11.3 Å². The number of benzene rings is 2. The summed E-state index contributed by atoms with van der Waals surface area (Å²) in [5.41, 5.74) is 1.94. The molecule has 0 fully saturated rings. The highest BCUT2D eigenvalue weighted by Gasteiger charge is 2.19. The third-order valence-corrected chi connectivity index (χ3v) is 5.74. The number of aromatic nitrogens is 3. The topological polar surface area (TPSA) is 72.9 Å². The Hall–Kier alpha value is -3.10. The van der Waals surface area contributed by atoms with E-state index >= 15 is 0 Å². The molecule has 0 aliphatic heterocycles. The molecule has 0 saturated heterocycles. The lowest BCUT2D eigenvalue weighted by atomic mass is 10.2. The van der Waals surface area contributed by atoms with Gasteiger partial charge in [0.25, 0.3) is 0 Å².